The molecule has 1 N–H and O–H groups in total. The molecule has 0 saturated heterocycles. The molecule has 0 saturated carbocycles. The van der Waals surface area contributed by atoms with Gasteiger partial charge in [-0.15, -0.1) is 0 Å². The van der Waals surface area contributed by atoms with Crippen LogP contribution in [0.15, 0.2) is 72.0 Å². The van der Waals surface area contributed by atoms with E-state index < -0.39 is 0 Å². The molecule has 2 aromatic heterocycles. The third-order valence-corrected chi connectivity index (χ3v) is 5.86. The lowest BCUT2D eigenvalue weighted by Gasteiger charge is -2.10. The highest BCUT2D eigenvalue weighted by Crippen LogP contribution is 2.27. The van der Waals surface area contributed by atoms with Crippen LogP contribution in [0.2, 0.25) is 0 Å². The van der Waals surface area contributed by atoms with E-state index in [2.05, 4.69) is 46.1 Å². The number of amides is 1. The maximum Gasteiger partial charge on any atom is 0.251 e. The molecule has 5 nitrogen and oxygen atoms in total. The van der Waals surface area contributed by atoms with Crippen molar-refractivity contribution >= 4 is 28.8 Å². The topological polar surface area (TPSA) is 59.8 Å². The van der Waals surface area contributed by atoms with E-state index in [1.54, 1.807) is 18.0 Å². The van der Waals surface area contributed by atoms with Crippen molar-refractivity contribution in [3.63, 3.8) is 0 Å². The Hall–Kier alpha value is -3.12. The van der Waals surface area contributed by atoms with Crippen molar-refractivity contribution in [3.05, 3.63) is 89.1 Å². The van der Waals surface area contributed by atoms with Crippen LogP contribution in [0.25, 0.3) is 11.2 Å². The molecule has 30 heavy (non-hydrogen) atoms. The van der Waals surface area contributed by atoms with E-state index in [0.717, 1.165) is 27.6 Å². The smallest absolute Gasteiger partial charge is 0.251 e. The molecule has 6 heteroatoms. The van der Waals surface area contributed by atoms with Crippen molar-refractivity contribution in [1.29, 1.82) is 0 Å². The molecule has 0 aliphatic heterocycles. The first-order chi connectivity index (χ1) is 14.6. The van der Waals surface area contributed by atoms with Gasteiger partial charge < -0.3 is 5.32 Å². The molecular formula is C24H24N4OS. The summed E-state index contributed by atoms with van der Waals surface area (Å²) in [4.78, 5) is 21.4. The summed E-state index contributed by atoms with van der Waals surface area (Å²) in [6.45, 7) is 5.30. The Kier molecular flexibility index (Phi) is 6.14. The summed E-state index contributed by atoms with van der Waals surface area (Å²) in [7, 11) is 0. The van der Waals surface area contributed by atoms with Crippen LogP contribution < -0.4 is 5.32 Å². The van der Waals surface area contributed by atoms with E-state index in [9.17, 15) is 4.79 Å². The molecule has 0 bridgehead atoms. The fraction of sp³-hybridized carbons (Fsp3) is 0.208. The molecule has 4 rings (SSSR count). The maximum atomic E-state index is 12.0. The van der Waals surface area contributed by atoms with Gasteiger partial charge in [0.15, 0.2) is 10.8 Å². The van der Waals surface area contributed by atoms with Crippen molar-refractivity contribution in [1.82, 2.24) is 19.9 Å². The van der Waals surface area contributed by atoms with Crippen LogP contribution in [0.3, 0.4) is 0 Å². The predicted molar refractivity (Wildman–Crippen MR) is 122 cm³/mol. The first kappa shape index (κ1) is 20.2. The second-order valence-electron chi connectivity index (χ2n) is 7.16. The Bertz CT molecular complexity index is 1170. The summed E-state index contributed by atoms with van der Waals surface area (Å²) in [6, 6.07) is 20.2. The first-order valence-corrected chi connectivity index (χ1v) is 11.0. The number of imidazole rings is 1. The number of pyridine rings is 1. The lowest BCUT2D eigenvalue weighted by molar-refractivity contribution is 0.0956. The van der Waals surface area contributed by atoms with E-state index in [0.29, 0.717) is 18.7 Å². The molecule has 0 atom stereocenters. The highest BCUT2D eigenvalue weighted by atomic mass is 32.2. The molecule has 2 heterocycles. The van der Waals surface area contributed by atoms with Gasteiger partial charge >= 0.3 is 0 Å². The summed E-state index contributed by atoms with van der Waals surface area (Å²) in [5.41, 5.74) is 6.07. The third kappa shape index (κ3) is 4.54. The molecule has 2 aromatic carbocycles. The molecule has 0 fully saturated rings. The van der Waals surface area contributed by atoms with Gasteiger partial charge in [0.2, 0.25) is 0 Å². The minimum atomic E-state index is -0.0480. The molecule has 0 radical (unpaired) electrons. The van der Waals surface area contributed by atoms with Gasteiger partial charge in [0.25, 0.3) is 5.91 Å². The zero-order chi connectivity index (χ0) is 20.9. The largest absolute Gasteiger partial charge is 0.352 e. The molecule has 1 amide bonds. The number of hydrogen-bond acceptors (Lipinski definition) is 4. The number of rotatable bonds is 7. The number of nitrogens with zero attached hydrogens (tertiary/aromatic N) is 3. The van der Waals surface area contributed by atoms with Crippen LogP contribution in [-0.4, -0.2) is 27.0 Å². The van der Waals surface area contributed by atoms with Crippen LogP contribution in [0.1, 0.15) is 34.0 Å². The van der Waals surface area contributed by atoms with Crippen LogP contribution in [0.4, 0.5) is 0 Å². The number of fused-ring (bicyclic) bond motifs is 1. The van der Waals surface area contributed by atoms with Gasteiger partial charge in [-0.3, -0.25) is 9.36 Å². The van der Waals surface area contributed by atoms with E-state index in [1.165, 1.54) is 11.1 Å². The lowest BCUT2D eigenvalue weighted by Crippen LogP contribution is -2.22. The highest BCUT2D eigenvalue weighted by Gasteiger charge is 2.13. The van der Waals surface area contributed by atoms with Gasteiger partial charge in [-0.05, 0) is 49.2 Å². The second-order valence-corrected chi connectivity index (χ2v) is 8.10. The molecule has 0 unspecified atom stereocenters. The average Bonchev–Trinajstić information content (AvgIpc) is 3.10. The summed E-state index contributed by atoms with van der Waals surface area (Å²) in [6.07, 6.45) is 1.80. The quantitative estimate of drug-likeness (QED) is 0.438. The number of aryl methyl sites for hydroxylation is 1. The van der Waals surface area contributed by atoms with Gasteiger partial charge in [0, 0.05) is 24.1 Å². The van der Waals surface area contributed by atoms with Gasteiger partial charge in [-0.1, -0.05) is 53.7 Å². The third-order valence-electron chi connectivity index (χ3n) is 4.81. The van der Waals surface area contributed by atoms with Crippen molar-refractivity contribution in [3.8, 4) is 0 Å². The number of thioether (sulfide) groups is 1. The van der Waals surface area contributed by atoms with Crippen LogP contribution in [0.5, 0.6) is 0 Å². The first-order valence-electron chi connectivity index (χ1n) is 10.0. The summed E-state index contributed by atoms with van der Waals surface area (Å²) < 4.78 is 2.15. The standard InChI is InChI=1S/C24H24N4OS/c1-3-25-23(29)20-11-9-18(10-12-20)15-28-22-21(8-5-13-26-22)27-24(28)30-16-19-7-4-6-17(2)14-19/h4-14H,3,15-16H2,1-2H3,(H,25,29). The number of carbonyl (C=O) groups excluding carboxylic acids is 1. The fourth-order valence-corrected chi connectivity index (χ4v) is 4.29. The van der Waals surface area contributed by atoms with Crippen LogP contribution in [0, 0.1) is 6.92 Å². The van der Waals surface area contributed by atoms with Crippen LogP contribution in [-0.2, 0) is 12.3 Å². The number of carbonyl (C=O) groups is 1. The number of benzene rings is 2. The summed E-state index contributed by atoms with van der Waals surface area (Å²) in [5.74, 6) is 0.800. The Morgan fingerprint density at radius 3 is 2.67 bits per heavy atom. The normalized spacial score (nSPS) is 11.0. The monoisotopic (exact) mass is 416 g/mol. The van der Waals surface area contributed by atoms with E-state index in [-0.39, 0.29) is 5.91 Å². The van der Waals surface area contributed by atoms with Crippen molar-refractivity contribution < 1.29 is 4.79 Å². The highest BCUT2D eigenvalue weighted by molar-refractivity contribution is 7.98. The Labute approximate surface area is 180 Å². The minimum Gasteiger partial charge on any atom is -0.352 e. The van der Waals surface area contributed by atoms with Crippen molar-refractivity contribution in [2.75, 3.05) is 6.54 Å². The van der Waals surface area contributed by atoms with Gasteiger partial charge in [-0.25, -0.2) is 9.97 Å². The van der Waals surface area contributed by atoms with E-state index in [1.807, 2.05) is 43.3 Å². The zero-order valence-corrected chi connectivity index (χ0v) is 17.9. The maximum absolute atomic E-state index is 12.0. The average molecular weight is 417 g/mol. The molecule has 4 aromatic rings. The van der Waals surface area contributed by atoms with Crippen molar-refractivity contribution in [2.45, 2.75) is 31.3 Å². The number of nitrogens with one attached hydrogen (secondary N) is 1. The Morgan fingerprint density at radius 2 is 1.90 bits per heavy atom. The SMILES string of the molecule is CCNC(=O)c1ccc(Cn2c(SCc3cccc(C)c3)nc3cccnc32)cc1. The predicted octanol–water partition coefficient (Wildman–Crippen LogP) is 4.83. The lowest BCUT2D eigenvalue weighted by atomic mass is 10.1. The molecule has 0 spiro atoms. The minimum absolute atomic E-state index is 0.0480. The molecular weight excluding hydrogens is 392 g/mol. The zero-order valence-electron chi connectivity index (χ0n) is 17.1. The van der Waals surface area contributed by atoms with Gasteiger partial charge in [-0.2, -0.15) is 0 Å². The van der Waals surface area contributed by atoms with Gasteiger partial charge in [0.1, 0.15) is 5.52 Å². The van der Waals surface area contributed by atoms with Crippen LogP contribution >= 0.6 is 11.8 Å². The second kappa shape index (κ2) is 9.13. The number of aromatic nitrogens is 3. The summed E-state index contributed by atoms with van der Waals surface area (Å²) >= 11 is 1.72. The fourth-order valence-electron chi connectivity index (χ4n) is 3.35. The molecule has 152 valence electrons. The van der Waals surface area contributed by atoms with E-state index >= 15 is 0 Å². The molecule has 0 aliphatic rings. The Morgan fingerprint density at radius 1 is 1.07 bits per heavy atom. The van der Waals surface area contributed by atoms with E-state index in [4.69, 9.17) is 4.98 Å². The summed E-state index contributed by atoms with van der Waals surface area (Å²) in [5, 5.41) is 3.77. The molecule has 0 aliphatic carbocycles. The number of hydrogen-bond donors (Lipinski definition) is 1. The van der Waals surface area contributed by atoms with Gasteiger partial charge in [0.05, 0.1) is 6.54 Å². The Balaban J connectivity index is 1.59. The van der Waals surface area contributed by atoms with Crippen molar-refractivity contribution in [2.24, 2.45) is 0 Å².